The number of carbonyl (C=O) groups is 10. The second kappa shape index (κ2) is 49.0. The summed E-state index contributed by atoms with van der Waals surface area (Å²) in [6.45, 7) is 14.3. The van der Waals surface area contributed by atoms with Gasteiger partial charge in [0.15, 0.2) is 0 Å². The number of nitrogens with zero attached hydrogens (tertiary/aromatic N) is 9. The van der Waals surface area contributed by atoms with Gasteiger partial charge < -0.3 is 100 Å². The van der Waals surface area contributed by atoms with E-state index in [4.69, 9.17) is 64.1 Å². The Morgan fingerprint density at radius 3 is 1.58 bits per heavy atom. The third-order valence-corrected chi connectivity index (χ3v) is 21.7. The summed E-state index contributed by atoms with van der Waals surface area (Å²) in [6, 6.07) is 18.1. The van der Waals surface area contributed by atoms with Crippen molar-refractivity contribution in [3.05, 3.63) is 118 Å². The third kappa shape index (κ3) is 28.4. The van der Waals surface area contributed by atoms with Gasteiger partial charge in [-0.05, 0) is 159 Å². The number of aryl methyl sites for hydroxylation is 7. The molecule has 3 aliphatic rings. The summed E-state index contributed by atoms with van der Waals surface area (Å²) in [6.07, 6.45) is 7.37. The predicted molar refractivity (Wildman–Crippen MR) is 453 cm³/mol. The zero-order valence-electron chi connectivity index (χ0n) is 71.4. The maximum Gasteiger partial charge on any atom is 0.276 e. The Kier molecular flexibility index (Phi) is 37.7. The lowest BCUT2D eigenvalue weighted by Gasteiger charge is -2.35. The van der Waals surface area contributed by atoms with Crippen molar-refractivity contribution in [1.29, 1.82) is 0 Å². The molecule has 3 aromatic carbocycles. The van der Waals surface area contributed by atoms with Gasteiger partial charge in [-0.15, -0.1) is 0 Å². The first-order valence-electron chi connectivity index (χ1n) is 42.6. The minimum atomic E-state index is -0.857. The molecule has 5 heterocycles. The largest absolute Gasteiger partial charge is 0.379 e. The molecule has 5 atom stereocenters. The van der Waals surface area contributed by atoms with Crippen molar-refractivity contribution in [3.8, 4) is 0 Å². The molecule has 1 unspecified atom stereocenters. The number of ether oxygens (including phenoxy) is 9. The Morgan fingerprint density at radius 2 is 1.06 bits per heavy atom. The van der Waals surface area contributed by atoms with E-state index >= 15 is 0 Å². The fourth-order valence-electron chi connectivity index (χ4n) is 15.3. The molecule has 1 aliphatic heterocycles. The zero-order valence-corrected chi connectivity index (χ0v) is 71.4. The molecule has 0 radical (unpaired) electrons. The number of nitrogens with two attached hydrogens (primary N) is 2. The van der Waals surface area contributed by atoms with Crippen molar-refractivity contribution in [2.75, 3.05) is 150 Å². The topological polar surface area (TPSA) is 477 Å². The summed E-state index contributed by atoms with van der Waals surface area (Å²) in [4.78, 5) is 145. The lowest BCUT2D eigenvalue weighted by atomic mass is 9.83. The molecule has 1 saturated carbocycles. The van der Waals surface area contributed by atoms with Crippen molar-refractivity contribution >= 4 is 93.0 Å². The number of hydrogen-bond donors (Lipinski definition) is 10. The smallest absolute Gasteiger partial charge is 0.276 e. The van der Waals surface area contributed by atoms with Gasteiger partial charge in [0, 0.05) is 69.4 Å². The molecule has 10 rings (SSSR count). The van der Waals surface area contributed by atoms with E-state index < -0.39 is 59.8 Å². The number of benzene rings is 3. The molecular weight excluding hydrogens is 1590 g/mol. The van der Waals surface area contributed by atoms with Gasteiger partial charge in [-0.3, -0.25) is 67.9 Å². The summed E-state index contributed by atoms with van der Waals surface area (Å²) in [5.41, 5.74) is 17.9. The SMILES string of the molecule is CCn1nc(C)cc1C(=O)Nc1nc2cc(C(N)=O)ccc2n1CCC(CCn1c(NC(=O)c2cc(C)nn2CC)nc2cc(C(N)=O)ccc21)OCC(=O)NCCOCCOCCOCCOCCC(=O)NCCOCCOCCOCCOCC(=O)N[C@H]1C[C@@H](C(=O)NC2CCCc3ccccc32)N(C(=O)[C@@H](NC(=O)[C@H](C)NC)C2CCCCC2)C1. The van der Waals surface area contributed by atoms with Gasteiger partial charge in [0.25, 0.3) is 11.8 Å². The average Bonchev–Trinajstić information content (AvgIpc) is 1.64. The Hall–Kier alpha value is -10.7. The normalized spacial score (nSPS) is 15.9. The highest BCUT2D eigenvalue weighted by Crippen LogP contribution is 2.34. The van der Waals surface area contributed by atoms with Crippen molar-refractivity contribution in [2.24, 2.45) is 17.4 Å². The zero-order chi connectivity index (χ0) is 87.6. The van der Waals surface area contributed by atoms with E-state index in [-0.39, 0.29) is 182 Å². The minimum absolute atomic E-state index is 0.0755. The fraction of sp³-hybridized carbons (Fsp3) is 0.576. The van der Waals surface area contributed by atoms with E-state index in [1.807, 2.05) is 32.0 Å². The van der Waals surface area contributed by atoms with Crippen LogP contribution in [0.25, 0.3) is 22.1 Å². The fourth-order valence-corrected chi connectivity index (χ4v) is 15.3. The number of likely N-dealkylation sites (N-methyl/N-ethyl adjacent to an activating group) is 1. The molecule has 2 aliphatic carbocycles. The summed E-state index contributed by atoms with van der Waals surface area (Å²) in [7, 11) is 1.69. The highest BCUT2D eigenvalue weighted by Gasteiger charge is 2.45. The van der Waals surface area contributed by atoms with Gasteiger partial charge in [-0.2, -0.15) is 10.2 Å². The first-order valence-corrected chi connectivity index (χ1v) is 42.6. The van der Waals surface area contributed by atoms with Crippen LogP contribution in [0.4, 0.5) is 11.9 Å². The summed E-state index contributed by atoms with van der Waals surface area (Å²) < 4.78 is 58.1. The Balaban J connectivity index is 0.556. The second-order valence-corrected chi connectivity index (χ2v) is 30.5. The van der Waals surface area contributed by atoms with E-state index in [9.17, 15) is 47.9 Å². The number of hydrogen-bond acceptors (Lipinski definition) is 24. The highest BCUT2D eigenvalue weighted by atomic mass is 16.6. The van der Waals surface area contributed by atoms with Crippen molar-refractivity contribution in [3.63, 3.8) is 0 Å². The summed E-state index contributed by atoms with van der Waals surface area (Å²) >= 11 is 0. The number of primary amides is 2. The molecule has 4 aromatic heterocycles. The quantitative estimate of drug-likeness (QED) is 0.0243. The molecular formula is C85H121N19O19. The molecule has 670 valence electrons. The molecule has 12 N–H and O–H groups in total. The molecule has 123 heavy (non-hydrogen) atoms. The lowest BCUT2D eigenvalue weighted by Crippen LogP contribution is -2.58. The van der Waals surface area contributed by atoms with Gasteiger partial charge in [0.05, 0.1) is 151 Å². The van der Waals surface area contributed by atoms with Crippen molar-refractivity contribution in [1.82, 2.24) is 75.5 Å². The molecule has 10 amide bonds. The second-order valence-electron chi connectivity index (χ2n) is 30.5. The number of carbonyl (C=O) groups excluding carboxylic acids is 10. The first kappa shape index (κ1) is 94.6. The van der Waals surface area contributed by atoms with Gasteiger partial charge >= 0.3 is 0 Å². The van der Waals surface area contributed by atoms with Crippen molar-refractivity contribution < 1.29 is 90.6 Å². The number of imidazole rings is 2. The van der Waals surface area contributed by atoms with Crippen LogP contribution in [0.1, 0.15) is 162 Å². The number of amides is 10. The number of anilines is 2. The van der Waals surface area contributed by atoms with E-state index in [1.54, 1.807) is 99.7 Å². The monoisotopic (exact) mass is 1710 g/mol. The molecule has 7 aromatic rings. The van der Waals surface area contributed by atoms with E-state index in [1.165, 1.54) is 5.56 Å². The number of rotatable bonds is 54. The van der Waals surface area contributed by atoms with Crippen LogP contribution < -0.4 is 54.0 Å². The Morgan fingerprint density at radius 1 is 0.553 bits per heavy atom. The maximum atomic E-state index is 14.7. The molecule has 38 heteroatoms. The molecule has 0 bridgehead atoms. The standard InChI is InChI=1S/C85H121N19O19/c1-7-103-71(47-55(3)98-103)81(112)96-84-93-66-49-60(77(86)108)21-23-68(66)100(84)30-25-63(26-31-101-69-24-22-61(78(87)109)50-67(69)94-85(101)97-82(113)72-48-56(4)99-104(72)8-2)123-54-74(106)90-29-34-117-37-40-119-42-41-118-38-35-115-32-27-73(105)89-28-33-116-36-39-120-43-44-121-45-46-122-53-75(107)91-62-51-70(80(111)92-65-20-14-18-58-15-12-13-19-64(58)65)102(52-62)83(114)76(59-16-10-9-11-17-59)95-79(110)57(5)88-6/h12-13,15,19,21-24,47-50,57,59,62-63,65,70,76,88H,7-11,14,16-18,20,25-46,51-54H2,1-6H3,(H2,86,108)(H2,87,109)(H,89,105)(H,90,106)(H,91,107)(H,92,111)(H,95,110)(H,93,96,112)(H,94,97,113)/t57-,62-,65?,70-,76-/m0/s1. The predicted octanol–water partition coefficient (Wildman–Crippen LogP) is 3.71. The average molecular weight is 1710 g/mol. The number of likely N-dealkylation sites (tertiary alicyclic amines) is 1. The minimum Gasteiger partial charge on any atom is -0.379 e. The van der Waals surface area contributed by atoms with Crippen LogP contribution in [0, 0.1) is 19.8 Å². The van der Waals surface area contributed by atoms with Gasteiger partial charge in [-0.25, -0.2) is 9.97 Å². The van der Waals surface area contributed by atoms with Crippen LogP contribution in [0.15, 0.2) is 72.8 Å². The van der Waals surface area contributed by atoms with Crippen LogP contribution in [-0.4, -0.2) is 272 Å². The molecule has 38 nitrogen and oxygen atoms in total. The van der Waals surface area contributed by atoms with Crippen LogP contribution >= 0.6 is 0 Å². The molecule has 1 saturated heterocycles. The van der Waals surface area contributed by atoms with Crippen LogP contribution in [0.2, 0.25) is 0 Å². The van der Waals surface area contributed by atoms with Gasteiger partial charge in [-0.1, -0.05) is 43.5 Å². The Labute approximate surface area is 715 Å². The van der Waals surface area contributed by atoms with E-state index in [0.717, 1.165) is 56.9 Å². The van der Waals surface area contributed by atoms with Crippen LogP contribution in [0.3, 0.4) is 0 Å². The van der Waals surface area contributed by atoms with Crippen LogP contribution in [0.5, 0.6) is 0 Å². The number of nitrogens with one attached hydrogen (secondary N) is 8. The Bertz CT molecular complexity index is 4510. The summed E-state index contributed by atoms with van der Waals surface area (Å²) in [5, 5.41) is 32.6. The highest BCUT2D eigenvalue weighted by molar-refractivity contribution is 6.05. The first-order chi connectivity index (χ1) is 59.6. The van der Waals surface area contributed by atoms with Gasteiger partial charge in [0.1, 0.15) is 36.7 Å². The molecule has 0 spiro atoms. The van der Waals surface area contributed by atoms with Gasteiger partial charge in [0.2, 0.25) is 59.2 Å². The number of fused-ring (bicyclic) bond motifs is 3. The van der Waals surface area contributed by atoms with Crippen LogP contribution in [-0.2, 0) is 104 Å². The molecule has 2 fully saturated rings. The summed E-state index contributed by atoms with van der Waals surface area (Å²) in [5.74, 6) is -3.84. The number of aromatic nitrogens is 8. The van der Waals surface area contributed by atoms with E-state index in [0.29, 0.717) is 111 Å². The maximum absolute atomic E-state index is 14.7. The lowest BCUT2D eigenvalue weighted by molar-refractivity contribution is -0.143. The van der Waals surface area contributed by atoms with E-state index in [2.05, 4.69) is 58.8 Å². The third-order valence-electron chi connectivity index (χ3n) is 21.7. The van der Waals surface area contributed by atoms with Crippen molar-refractivity contribution in [2.45, 2.75) is 174 Å².